The van der Waals surface area contributed by atoms with Crippen molar-refractivity contribution in [1.82, 2.24) is 19.7 Å². The molecule has 0 saturated heterocycles. The van der Waals surface area contributed by atoms with E-state index in [9.17, 15) is 4.79 Å². The van der Waals surface area contributed by atoms with Crippen LogP contribution in [0.4, 0.5) is 5.13 Å². The van der Waals surface area contributed by atoms with E-state index in [1.165, 1.54) is 23.1 Å². The Morgan fingerprint density at radius 3 is 2.77 bits per heavy atom. The van der Waals surface area contributed by atoms with Gasteiger partial charge in [0.25, 0.3) is 0 Å². The van der Waals surface area contributed by atoms with Crippen LogP contribution in [-0.4, -0.2) is 31.4 Å². The normalized spacial score (nSPS) is 11.0. The molecule has 0 aliphatic rings. The van der Waals surface area contributed by atoms with Crippen molar-refractivity contribution in [1.29, 1.82) is 0 Å². The molecular weight excluding hydrogens is 442 g/mol. The third-order valence-corrected chi connectivity index (χ3v) is 6.33. The zero-order valence-corrected chi connectivity index (χ0v) is 18.6. The third kappa shape index (κ3) is 4.43. The first-order valence-corrected chi connectivity index (χ1v) is 11.4. The molecule has 4 aromatic rings. The highest BCUT2D eigenvalue weighted by molar-refractivity contribution is 7.99. The lowest BCUT2D eigenvalue weighted by molar-refractivity contribution is -0.113. The first-order valence-electron chi connectivity index (χ1n) is 9.17. The molecule has 10 heteroatoms. The number of aromatic nitrogens is 4. The van der Waals surface area contributed by atoms with E-state index in [4.69, 9.17) is 16.0 Å². The Labute approximate surface area is 186 Å². The lowest BCUT2D eigenvalue weighted by Crippen LogP contribution is -2.14. The summed E-state index contributed by atoms with van der Waals surface area (Å²) in [6, 6.07) is 9.29. The maximum atomic E-state index is 12.4. The molecule has 1 amide bonds. The molecule has 0 saturated carbocycles. The van der Waals surface area contributed by atoms with Gasteiger partial charge in [0.15, 0.2) is 16.1 Å². The minimum atomic E-state index is -0.149. The van der Waals surface area contributed by atoms with Crippen LogP contribution in [0.1, 0.15) is 12.7 Å². The molecule has 30 heavy (non-hydrogen) atoms. The molecule has 1 N–H and O–H groups in total. The fourth-order valence-electron chi connectivity index (χ4n) is 2.87. The summed E-state index contributed by atoms with van der Waals surface area (Å²) in [6.07, 6.45) is 1.63. The Morgan fingerprint density at radius 2 is 2.07 bits per heavy atom. The quantitative estimate of drug-likeness (QED) is 0.374. The van der Waals surface area contributed by atoms with Crippen LogP contribution >= 0.6 is 34.7 Å². The number of benzene rings is 1. The van der Waals surface area contributed by atoms with E-state index in [-0.39, 0.29) is 11.7 Å². The third-order valence-electron chi connectivity index (χ3n) is 4.36. The van der Waals surface area contributed by atoms with Gasteiger partial charge >= 0.3 is 0 Å². The Balaban J connectivity index is 1.39. The van der Waals surface area contributed by atoms with Gasteiger partial charge in [-0.1, -0.05) is 35.5 Å². The standard InChI is InChI=1S/C20H18ClN5O2S2/c1-3-26-18(15-8-9-28-12(15)2)24-25-20(26)30-11-17(27)23-19-22-16(10-29-19)13-4-6-14(21)7-5-13/h4-10H,3,11H2,1-2H3,(H,22,23,27). The lowest BCUT2D eigenvalue weighted by Gasteiger charge is -2.06. The van der Waals surface area contributed by atoms with Crippen LogP contribution in [0.2, 0.25) is 5.02 Å². The number of hydrogen-bond donors (Lipinski definition) is 1. The molecule has 0 spiro atoms. The maximum Gasteiger partial charge on any atom is 0.236 e. The van der Waals surface area contributed by atoms with Crippen LogP contribution < -0.4 is 5.32 Å². The SMILES string of the molecule is CCn1c(SCC(=O)Nc2nc(-c3ccc(Cl)cc3)cs2)nnc1-c1ccoc1C. The molecule has 1 aromatic carbocycles. The Bertz CT molecular complexity index is 1170. The lowest BCUT2D eigenvalue weighted by atomic mass is 10.2. The smallest absolute Gasteiger partial charge is 0.236 e. The van der Waals surface area contributed by atoms with Crippen molar-refractivity contribution in [3.63, 3.8) is 0 Å². The summed E-state index contributed by atoms with van der Waals surface area (Å²) in [5, 5.41) is 15.2. The molecule has 3 aromatic heterocycles. The van der Waals surface area contributed by atoms with Crippen LogP contribution in [0, 0.1) is 6.92 Å². The number of carbonyl (C=O) groups excluding carboxylic acids is 1. The molecule has 4 rings (SSSR count). The average Bonchev–Trinajstić information content (AvgIpc) is 3.46. The minimum Gasteiger partial charge on any atom is -0.469 e. The molecular formula is C20H18ClN5O2S2. The number of carbonyl (C=O) groups is 1. The number of hydrogen-bond acceptors (Lipinski definition) is 7. The molecule has 154 valence electrons. The van der Waals surface area contributed by atoms with E-state index in [1.807, 2.05) is 54.1 Å². The summed E-state index contributed by atoms with van der Waals surface area (Å²) < 4.78 is 7.34. The number of furan rings is 1. The summed E-state index contributed by atoms with van der Waals surface area (Å²) in [5.74, 6) is 1.58. The van der Waals surface area contributed by atoms with Crippen molar-refractivity contribution in [2.24, 2.45) is 0 Å². The van der Waals surface area contributed by atoms with Gasteiger partial charge in [0.05, 0.1) is 23.3 Å². The summed E-state index contributed by atoms with van der Waals surface area (Å²) >= 11 is 8.64. The van der Waals surface area contributed by atoms with Crippen molar-refractivity contribution in [3.8, 4) is 22.6 Å². The number of nitrogens with one attached hydrogen (secondary N) is 1. The minimum absolute atomic E-state index is 0.149. The second-order valence-corrected chi connectivity index (χ2v) is 8.56. The predicted molar refractivity (Wildman–Crippen MR) is 120 cm³/mol. The van der Waals surface area contributed by atoms with Gasteiger partial charge in [-0.3, -0.25) is 4.79 Å². The van der Waals surface area contributed by atoms with E-state index in [1.54, 1.807) is 6.26 Å². The number of rotatable bonds is 7. The molecule has 7 nitrogen and oxygen atoms in total. The van der Waals surface area contributed by atoms with Crippen LogP contribution in [0.25, 0.3) is 22.6 Å². The van der Waals surface area contributed by atoms with Crippen LogP contribution in [-0.2, 0) is 11.3 Å². The van der Waals surface area contributed by atoms with Crippen molar-refractivity contribution < 1.29 is 9.21 Å². The average molecular weight is 460 g/mol. The van der Waals surface area contributed by atoms with Gasteiger partial charge in [0, 0.05) is 22.5 Å². The van der Waals surface area contributed by atoms with Gasteiger partial charge in [0.2, 0.25) is 5.91 Å². The summed E-state index contributed by atoms with van der Waals surface area (Å²) in [5.41, 5.74) is 2.65. The summed E-state index contributed by atoms with van der Waals surface area (Å²) in [7, 11) is 0. The summed E-state index contributed by atoms with van der Waals surface area (Å²) in [4.78, 5) is 16.9. The fourth-order valence-corrected chi connectivity index (χ4v) is 4.53. The topological polar surface area (TPSA) is 85.8 Å². The van der Waals surface area contributed by atoms with Crippen molar-refractivity contribution >= 4 is 45.7 Å². The largest absolute Gasteiger partial charge is 0.469 e. The molecule has 3 heterocycles. The number of amides is 1. The van der Waals surface area contributed by atoms with Crippen LogP contribution in [0.15, 0.2) is 51.5 Å². The second kappa shape index (κ2) is 9.03. The van der Waals surface area contributed by atoms with E-state index in [0.29, 0.717) is 21.9 Å². The van der Waals surface area contributed by atoms with Gasteiger partial charge in [-0.25, -0.2) is 4.98 Å². The highest BCUT2D eigenvalue weighted by Crippen LogP contribution is 2.28. The van der Waals surface area contributed by atoms with E-state index in [0.717, 1.165) is 28.4 Å². The fraction of sp³-hybridized carbons (Fsp3) is 0.200. The van der Waals surface area contributed by atoms with Crippen molar-refractivity contribution in [2.45, 2.75) is 25.5 Å². The monoisotopic (exact) mass is 459 g/mol. The van der Waals surface area contributed by atoms with Gasteiger partial charge in [-0.2, -0.15) is 0 Å². The van der Waals surface area contributed by atoms with E-state index < -0.39 is 0 Å². The Morgan fingerprint density at radius 1 is 1.27 bits per heavy atom. The molecule has 0 fully saturated rings. The van der Waals surface area contributed by atoms with Crippen molar-refractivity contribution in [2.75, 3.05) is 11.1 Å². The Kier molecular flexibility index (Phi) is 6.21. The zero-order valence-electron chi connectivity index (χ0n) is 16.3. The molecule has 0 aliphatic carbocycles. The molecule has 0 aliphatic heterocycles. The molecule has 0 unspecified atom stereocenters. The molecule has 0 atom stereocenters. The highest BCUT2D eigenvalue weighted by atomic mass is 35.5. The van der Waals surface area contributed by atoms with Crippen LogP contribution in [0.5, 0.6) is 0 Å². The first kappa shape index (κ1) is 20.6. The Hall–Kier alpha value is -2.62. The predicted octanol–water partition coefficient (Wildman–Crippen LogP) is 5.37. The number of nitrogens with zero attached hydrogens (tertiary/aromatic N) is 4. The highest BCUT2D eigenvalue weighted by Gasteiger charge is 2.17. The number of thiazole rings is 1. The maximum absolute atomic E-state index is 12.4. The van der Waals surface area contributed by atoms with Gasteiger partial charge in [-0.05, 0) is 32.0 Å². The molecule has 0 bridgehead atoms. The molecule has 0 radical (unpaired) electrons. The first-order chi connectivity index (χ1) is 14.5. The van der Waals surface area contributed by atoms with Gasteiger partial charge in [0.1, 0.15) is 5.76 Å². The number of halogens is 1. The van der Waals surface area contributed by atoms with Gasteiger partial charge < -0.3 is 14.3 Å². The number of thioether (sulfide) groups is 1. The number of aryl methyl sites for hydroxylation is 1. The zero-order chi connectivity index (χ0) is 21.1. The van der Waals surface area contributed by atoms with Crippen LogP contribution in [0.3, 0.4) is 0 Å². The second-order valence-electron chi connectivity index (χ2n) is 6.32. The van der Waals surface area contributed by atoms with E-state index in [2.05, 4.69) is 20.5 Å². The number of anilines is 1. The van der Waals surface area contributed by atoms with Crippen molar-refractivity contribution in [3.05, 3.63) is 52.8 Å². The van der Waals surface area contributed by atoms with Gasteiger partial charge in [-0.15, -0.1) is 21.5 Å². The van der Waals surface area contributed by atoms with E-state index >= 15 is 0 Å². The summed E-state index contributed by atoms with van der Waals surface area (Å²) in [6.45, 7) is 4.59.